The average Bonchev–Trinajstić information content (AvgIpc) is 2.89. The second-order valence-corrected chi connectivity index (χ2v) is 4.78. The molecule has 4 heteroatoms. The lowest BCUT2D eigenvalue weighted by Crippen LogP contribution is -2.41. The molecule has 0 spiro atoms. The zero-order valence-corrected chi connectivity index (χ0v) is 10.1. The first kappa shape index (κ1) is 11.9. The van der Waals surface area contributed by atoms with Crippen LogP contribution in [0.3, 0.4) is 0 Å². The normalized spacial score (nSPS) is 29.9. The van der Waals surface area contributed by atoms with Gasteiger partial charge in [0.05, 0.1) is 12.5 Å². The molecule has 2 fully saturated rings. The highest BCUT2D eigenvalue weighted by atomic mass is 16.5. The fourth-order valence-corrected chi connectivity index (χ4v) is 2.73. The van der Waals surface area contributed by atoms with Gasteiger partial charge >= 0.3 is 0 Å². The molecule has 2 saturated heterocycles. The smallest absolute Gasteiger partial charge is 0.225 e. The Labute approximate surface area is 97.3 Å². The minimum atomic E-state index is 0.184. The molecule has 0 aromatic rings. The van der Waals surface area contributed by atoms with E-state index in [-0.39, 0.29) is 12.0 Å². The van der Waals surface area contributed by atoms with Gasteiger partial charge in [-0.1, -0.05) is 0 Å². The minimum absolute atomic E-state index is 0.184. The summed E-state index contributed by atoms with van der Waals surface area (Å²) in [5.41, 5.74) is 0. The third kappa shape index (κ3) is 2.74. The monoisotopic (exact) mass is 226 g/mol. The maximum absolute atomic E-state index is 12.1. The maximum Gasteiger partial charge on any atom is 0.225 e. The van der Waals surface area contributed by atoms with E-state index in [1.165, 1.54) is 0 Å². The Bertz CT molecular complexity index is 239. The molecule has 2 aliphatic rings. The molecule has 4 nitrogen and oxygen atoms in total. The summed E-state index contributed by atoms with van der Waals surface area (Å²) in [6.45, 7) is 2.67. The van der Waals surface area contributed by atoms with Gasteiger partial charge < -0.3 is 15.0 Å². The molecule has 1 N–H and O–H groups in total. The number of carbonyl (C=O) groups is 1. The summed E-state index contributed by atoms with van der Waals surface area (Å²) in [5.74, 6) is 0.282. The topological polar surface area (TPSA) is 41.6 Å². The third-order valence-corrected chi connectivity index (χ3v) is 3.56. The molecule has 0 bridgehead atoms. The van der Waals surface area contributed by atoms with Crippen LogP contribution < -0.4 is 5.32 Å². The van der Waals surface area contributed by atoms with E-state index < -0.39 is 0 Å². The van der Waals surface area contributed by atoms with Gasteiger partial charge in [-0.15, -0.1) is 0 Å². The van der Waals surface area contributed by atoms with Crippen LogP contribution in [0, 0.1) is 0 Å². The molecule has 2 unspecified atom stereocenters. The van der Waals surface area contributed by atoms with Gasteiger partial charge in [0.1, 0.15) is 0 Å². The molecular weight excluding hydrogens is 204 g/mol. The van der Waals surface area contributed by atoms with Crippen molar-refractivity contribution in [1.82, 2.24) is 10.2 Å². The first-order valence-corrected chi connectivity index (χ1v) is 6.37. The highest BCUT2D eigenvalue weighted by molar-refractivity contribution is 5.77. The molecule has 1 amide bonds. The molecule has 0 saturated carbocycles. The van der Waals surface area contributed by atoms with Gasteiger partial charge in [-0.2, -0.15) is 0 Å². The number of ether oxygens (including phenoxy) is 1. The molecule has 16 heavy (non-hydrogen) atoms. The molecule has 2 rings (SSSR count). The van der Waals surface area contributed by atoms with Crippen molar-refractivity contribution in [2.24, 2.45) is 0 Å². The van der Waals surface area contributed by atoms with Crippen molar-refractivity contribution in [1.29, 1.82) is 0 Å². The Hall–Kier alpha value is -0.610. The number of hydrogen-bond acceptors (Lipinski definition) is 3. The number of nitrogens with one attached hydrogen (secondary N) is 1. The van der Waals surface area contributed by atoms with Gasteiger partial charge in [0.25, 0.3) is 0 Å². The summed E-state index contributed by atoms with van der Waals surface area (Å²) in [7, 11) is 1.95. The van der Waals surface area contributed by atoms with Crippen LogP contribution in [0.2, 0.25) is 0 Å². The van der Waals surface area contributed by atoms with Crippen LogP contribution in [-0.4, -0.2) is 49.7 Å². The summed E-state index contributed by atoms with van der Waals surface area (Å²) < 4.78 is 5.52. The standard InChI is InChI=1S/C12H22N2O2/c1-13-9-10-4-2-6-14(10)12(15)8-11-5-3-7-16-11/h10-11,13H,2-9H2,1H3. The zero-order chi connectivity index (χ0) is 11.4. The van der Waals surface area contributed by atoms with Gasteiger partial charge in [0.15, 0.2) is 0 Å². The van der Waals surface area contributed by atoms with Gasteiger partial charge in [0, 0.05) is 25.7 Å². The van der Waals surface area contributed by atoms with Crippen LogP contribution in [-0.2, 0) is 9.53 Å². The fraction of sp³-hybridized carbons (Fsp3) is 0.917. The largest absolute Gasteiger partial charge is 0.378 e. The number of likely N-dealkylation sites (N-methyl/N-ethyl adjacent to an activating group) is 1. The fourth-order valence-electron chi connectivity index (χ4n) is 2.73. The summed E-state index contributed by atoms with van der Waals surface area (Å²) in [5, 5.41) is 3.16. The summed E-state index contributed by atoms with van der Waals surface area (Å²) >= 11 is 0. The molecule has 92 valence electrons. The van der Waals surface area contributed by atoms with Crippen LogP contribution >= 0.6 is 0 Å². The molecule has 0 aromatic heterocycles. The Morgan fingerprint density at radius 2 is 2.31 bits per heavy atom. The molecule has 0 radical (unpaired) electrons. The average molecular weight is 226 g/mol. The highest BCUT2D eigenvalue weighted by Crippen LogP contribution is 2.21. The second kappa shape index (κ2) is 5.64. The van der Waals surface area contributed by atoms with E-state index >= 15 is 0 Å². The Morgan fingerprint density at radius 1 is 1.44 bits per heavy atom. The number of carbonyl (C=O) groups excluding carboxylic acids is 1. The summed E-state index contributed by atoms with van der Waals surface area (Å²) in [6, 6.07) is 0.402. The van der Waals surface area contributed by atoms with E-state index in [4.69, 9.17) is 4.74 Å². The molecule has 2 atom stereocenters. The molecule has 2 heterocycles. The summed E-state index contributed by atoms with van der Waals surface area (Å²) in [6.07, 6.45) is 5.21. The van der Waals surface area contributed by atoms with E-state index in [0.29, 0.717) is 12.5 Å². The number of rotatable bonds is 4. The quantitative estimate of drug-likeness (QED) is 0.769. The predicted molar refractivity (Wildman–Crippen MR) is 62.3 cm³/mol. The lowest BCUT2D eigenvalue weighted by molar-refractivity contribution is -0.134. The van der Waals surface area contributed by atoms with E-state index in [1.54, 1.807) is 0 Å². The van der Waals surface area contributed by atoms with Crippen molar-refractivity contribution in [2.45, 2.75) is 44.2 Å². The van der Waals surface area contributed by atoms with Crippen molar-refractivity contribution < 1.29 is 9.53 Å². The lowest BCUT2D eigenvalue weighted by Gasteiger charge is -2.25. The molecule has 0 aromatic carbocycles. The van der Waals surface area contributed by atoms with Crippen molar-refractivity contribution >= 4 is 5.91 Å². The SMILES string of the molecule is CNCC1CCCN1C(=O)CC1CCCO1. The van der Waals surface area contributed by atoms with Crippen molar-refractivity contribution in [3.63, 3.8) is 0 Å². The van der Waals surface area contributed by atoms with Crippen LogP contribution in [0.1, 0.15) is 32.1 Å². The third-order valence-electron chi connectivity index (χ3n) is 3.56. The first-order valence-electron chi connectivity index (χ1n) is 6.37. The van der Waals surface area contributed by atoms with Gasteiger partial charge in [0.2, 0.25) is 5.91 Å². The number of amides is 1. The van der Waals surface area contributed by atoms with Crippen LogP contribution in [0.15, 0.2) is 0 Å². The van der Waals surface area contributed by atoms with Crippen molar-refractivity contribution in [2.75, 3.05) is 26.7 Å². The van der Waals surface area contributed by atoms with Gasteiger partial charge in [-0.05, 0) is 32.7 Å². The van der Waals surface area contributed by atoms with E-state index in [0.717, 1.165) is 45.4 Å². The Morgan fingerprint density at radius 3 is 3.00 bits per heavy atom. The molecule has 2 aliphatic heterocycles. The Balaban J connectivity index is 1.82. The lowest BCUT2D eigenvalue weighted by atomic mass is 10.1. The number of hydrogen-bond donors (Lipinski definition) is 1. The number of nitrogens with zero attached hydrogens (tertiary/aromatic N) is 1. The van der Waals surface area contributed by atoms with Crippen molar-refractivity contribution in [3.8, 4) is 0 Å². The molecule has 0 aliphatic carbocycles. The van der Waals surface area contributed by atoms with Crippen LogP contribution in [0.25, 0.3) is 0 Å². The summed E-state index contributed by atoms with van der Waals surface area (Å²) in [4.78, 5) is 14.1. The van der Waals surface area contributed by atoms with Crippen LogP contribution in [0.4, 0.5) is 0 Å². The molecular formula is C12H22N2O2. The first-order chi connectivity index (χ1) is 7.81. The van der Waals surface area contributed by atoms with Crippen molar-refractivity contribution in [3.05, 3.63) is 0 Å². The van der Waals surface area contributed by atoms with Gasteiger partial charge in [-0.25, -0.2) is 0 Å². The van der Waals surface area contributed by atoms with Crippen LogP contribution in [0.5, 0.6) is 0 Å². The van der Waals surface area contributed by atoms with E-state index in [2.05, 4.69) is 5.32 Å². The van der Waals surface area contributed by atoms with E-state index in [9.17, 15) is 4.79 Å². The van der Waals surface area contributed by atoms with E-state index in [1.807, 2.05) is 11.9 Å². The number of likely N-dealkylation sites (tertiary alicyclic amines) is 1. The van der Waals surface area contributed by atoms with Gasteiger partial charge in [-0.3, -0.25) is 4.79 Å². The predicted octanol–water partition coefficient (Wildman–Crippen LogP) is 0.766. The highest BCUT2D eigenvalue weighted by Gasteiger charge is 2.30. The second-order valence-electron chi connectivity index (χ2n) is 4.78. The zero-order valence-electron chi connectivity index (χ0n) is 10.1. The minimum Gasteiger partial charge on any atom is -0.378 e. The maximum atomic E-state index is 12.1. The Kier molecular flexibility index (Phi) is 4.18.